The van der Waals surface area contributed by atoms with Crippen LogP contribution >= 0.6 is 0 Å². The topological polar surface area (TPSA) is 41.5 Å². The number of nitrogens with one attached hydrogen (secondary N) is 1. The van der Waals surface area contributed by atoms with Crippen LogP contribution in [0.25, 0.3) is 16.3 Å². The number of ether oxygens (including phenoxy) is 1. The number of benzene rings is 3. The molecule has 0 aliphatic carbocycles. The molecule has 0 heterocycles. The summed E-state index contributed by atoms with van der Waals surface area (Å²) in [5, 5.41) is 16.8. The summed E-state index contributed by atoms with van der Waals surface area (Å²) in [6.45, 7) is 9.84. The molecule has 3 nitrogen and oxygen atoms in total. The van der Waals surface area contributed by atoms with E-state index in [0.29, 0.717) is 11.3 Å². The lowest BCUT2D eigenvalue weighted by Crippen LogP contribution is -2.09. The van der Waals surface area contributed by atoms with Crippen molar-refractivity contribution in [2.24, 2.45) is 0 Å². The van der Waals surface area contributed by atoms with Crippen LogP contribution < -0.4 is 5.32 Å². The van der Waals surface area contributed by atoms with Crippen molar-refractivity contribution in [1.82, 2.24) is 0 Å². The highest BCUT2D eigenvalue weighted by Gasteiger charge is 2.19. The van der Waals surface area contributed by atoms with Crippen LogP contribution in [0, 0.1) is 0 Å². The van der Waals surface area contributed by atoms with Crippen LogP contribution in [-0.4, -0.2) is 12.2 Å². The first kappa shape index (κ1) is 21.3. The van der Waals surface area contributed by atoms with Crippen LogP contribution in [0.3, 0.4) is 0 Å². The summed E-state index contributed by atoms with van der Waals surface area (Å²) in [6.07, 6.45) is 1.90. The van der Waals surface area contributed by atoms with Gasteiger partial charge in [-0.2, -0.15) is 0 Å². The SMILES string of the molecule is C=C(C)/C=C(\C(O)=C(/C)OC)c1c(N[C@@H](C)c2ccccc2)ccc2ccccc12. The molecule has 0 saturated carbocycles. The molecule has 30 heavy (non-hydrogen) atoms. The van der Waals surface area contributed by atoms with E-state index >= 15 is 0 Å². The quantitative estimate of drug-likeness (QED) is 0.321. The zero-order valence-electron chi connectivity index (χ0n) is 18.1. The molecule has 0 spiro atoms. The second-order valence-corrected chi connectivity index (χ2v) is 7.50. The molecule has 0 aliphatic heterocycles. The van der Waals surface area contributed by atoms with E-state index in [0.717, 1.165) is 27.6 Å². The van der Waals surface area contributed by atoms with E-state index in [9.17, 15) is 5.11 Å². The van der Waals surface area contributed by atoms with Crippen molar-refractivity contribution in [1.29, 1.82) is 0 Å². The molecule has 3 rings (SSSR count). The van der Waals surface area contributed by atoms with Gasteiger partial charge in [-0.15, -0.1) is 0 Å². The van der Waals surface area contributed by atoms with E-state index in [4.69, 9.17) is 4.74 Å². The van der Waals surface area contributed by atoms with E-state index in [-0.39, 0.29) is 11.8 Å². The molecule has 3 aromatic rings. The highest BCUT2D eigenvalue weighted by Crippen LogP contribution is 2.38. The third-order valence-electron chi connectivity index (χ3n) is 5.16. The predicted octanol–water partition coefficient (Wildman–Crippen LogP) is 7.41. The summed E-state index contributed by atoms with van der Waals surface area (Å²) in [7, 11) is 1.56. The largest absolute Gasteiger partial charge is 0.504 e. The van der Waals surface area contributed by atoms with Crippen molar-refractivity contribution >= 4 is 22.0 Å². The molecule has 3 heteroatoms. The van der Waals surface area contributed by atoms with Crippen LogP contribution in [0.4, 0.5) is 5.69 Å². The fourth-order valence-corrected chi connectivity index (χ4v) is 3.53. The van der Waals surface area contributed by atoms with Crippen LogP contribution in [0.5, 0.6) is 0 Å². The maximum Gasteiger partial charge on any atom is 0.161 e. The number of anilines is 1. The molecule has 0 fully saturated rings. The summed E-state index contributed by atoms with van der Waals surface area (Å²) in [6, 6.07) is 22.7. The first-order valence-corrected chi connectivity index (χ1v) is 10.1. The average molecular weight is 400 g/mol. The van der Waals surface area contributed by atoms with Gasteiger partial charge in [-0.1, -0.05) is 72.8 Å². The van der Waals surface area contributed by atoms with Crippen molar-refractivity contribution in [2.75, 3.05) is 12.4 Å². The van der Waals surface area contributed by atoms with Gasteiger partial charge in [0.25, 0.3) is 0 Å². The van der Waals surface area contributed by atoms with Crippen molar-refractivity contribution in [2.45, 2.75) is 26.8 Å². The molecule has 0 aromatic heterocycles. The third-order valence-corrected chi connectivity index (χ3v) is 5.16. The Morgan fingerprint density at radius 1 is 1.00 bits per heavy atom. The number of aliphatic hydroxyl groups excluding tert-OH is 1. The minimum absolute atomic E-state index is 0.0897. The lowest BCUT2D eigenvalue weighted by molar-refractivity contribution is 0.264. The van der Waals surface area contributed by atoms with Gasteiger partial charge >= 0.3 is 0 Å². The molecule has 0 amide bonds. The highest BCUT2D eigenvalue weighted by atomic mass is 16.5. The van der Waals surface area contributed by atoms with Gasteiger partial charge in [0.05, 0.1) is 7.11 Å². The van der Waals surface area contributed by atoms with Crippen LogP contribution in [0.2, 0.25) is 0 Å². The fourth-order valence-electron chi connectivity index (χ4n) is 3.53. The van der Waals surface area contributed by atoms with Crippen LogP contribution in [0.1, 0.15) is 37.9 Å². The lowest BCUT2D eigenvalue weighted by atomic mass is 9.92. The van der Waals surface area contributed by atoms with E-state index < -0.39 is 0 Å². The number of methoxy groups -OCH3 is 1. The van der Waals surface area contributed by atoms with Crippen LogP contribution in [-0.2, 0) is 4.74 Å². The molecule has 3 aromatic carbocycles. The molecule has 0 bridgehead atoms. The monoisotopic (exact) mass is 399 g/mol. The Kier molecular flexibility index (Phi) is 6.63. The normalized spacial score (nSPS) is 13.5. The van der Waals surface area contributed by atoms with Gasteiger partial charge in [-0.05, 0) is 49.2 Å². The number of fused-ring (bicyclic) bond motifs is 1. The van der Waals surface area contributed by atoms with Crippen molar-refractivity contribution < 1.29 is 9.84 Å². The predicted molar refractivity (Wildman–Crippen MR) is 128 cm³/mol. The Morgan fingerprint density at radius 3 is 2.33 bits per heavy atom. The van der Waals surface area contributed by atoms with E-state index in [1.165, 1.54) is 5.56 Å². The minimum Gasteiger partial charge on any atom is -0.504 e. The molecule has 0 aliphatic rings. The molecular weight excluding hydrogens is 370 g/mol. The number of rotatable bonds is 7. The van der Waals surface area contributed by atoms with E-state index in [1.54, 1.807) is 14.0 Å². The Hall–Kier alpha value is -3.46. The zero-order chi connectivity index (χ0) is 21.7. The Bertz CT molecular complexity index is 1110. The van der Waals surface area contributed by atoms with Gasteiger partial charge in [0.15, 0.2) is 5.76 Å². The van der Waals surface area contributed by atoms with Gasteiger partial charge in [0, 0.05) is 22.9 Å². The smallest absolute Gasteiger partial charge is 0.161 e. The zero-order valence-corrected chi connectivity index (χ0v) is 18.1. The average Bonchev–Trinajstić information content (AvgIpc) is 2.77. The lowest BCUT2D eigenvalue weighted by Gasteiger charge is -2.22. The third kappa shape index (κ3) is 4.57. The molecule has 2 N–H and O–H groups in total. The number of allylic oxidation sites excluding steroid dienone is 4. The molecule has 0 radical (unpaired) electrons. The summed E-state index contributed by atoms with van der Waals surface area (Å²) in [5.41, 5.74) is 4.58. The van der Waals surface area contributed by atoms with Crippen molar-refractivity contribution in [3.63, 3.8) is 0 Å². The molecule has 154 valence electrons. The standard InChI is InChI=1S/C27H29NO2/c1-18(2)17-24(27(29)20(4)30-5)26-23-14-10-9-13-22(23)15-16-25(26)28-19(3)21-11-7-6-8-12-21/h6-17,19,28-29H,1H2,2-5H3/b24-17-,27-20-/t19-/m0/s1. The number of hydrogen-bond acceptors (Lipinski definition) is 3. The van der Waals surface area contributed by atoms with E-state index in [2.05, 4.69) is 55.2 Å². The first-order valence-electron chi connectivity index (χ1n) is 10.1. The van der Waals surface area contributed by atoms with E-state index in [1.807, 2.05) is 43.3 Å². The summed E-state index contributed by atoms with van der Waals surface area (Å²) >= 11 is 0. The summed E-state index contributed by atoms with van der Waals surface area (Å²) in [5.74, 6) is 0.560. The summed E-state index contributed by atoms with van der Waals surface area (Å²) < 4.78 is 5.34. The maximum atomic E-state index is 11.0. The van der Waals surface area contributed by atoms with Crippen molar-refractivity contribution in [3.05, 3.63) is 108 Å². The number of hydrogen-bond donors (Lipinski definition) is 2. The number of aliphatic hydroxyl groups is 1. The molecule has 1 atom stereocenters. The Labute approximate surface area is 179 Å². The van der Waals surface area contributed by atoms with Gasteiger partial charge < -0.3 is 15.2 Å². The second kappa shape index (κ2) is 9.36. The fraction of sp³-hybridized carbons (Fsp3) is 0.185. The van der Waals surface area contributed by atoms with Gasteiger partial charge in [-0.25, -0.2) is 0 Å². The Balaban J connectivity index is 2.24. The van der Waals surface area contributed by atoms with Gasteiger partial charge in [-0.3, -0.25) is 0 Å². The molecule has 0 unspecified atom stereocenters. The second-order valence-electron chi connectivity index (χ2n) is 7.50. The first-order chi connectivity index (χ1) is 14.4. The van der Waals surface area contributed by atoms with Crippen molar-refractivity contribution in [3.8, 4) is 0 Å². The van der Waals surface area contributed by atoms with Gasteiger partial charge in [0.1, 0.15) is 5.76 Å². The summed E-state index contributed by atoms with van der Waals surface area (Å²) in [4.78, 5) is 0. The van der Waals surface area contributed by atoms with Crippen LogP contribution in [0.15, 0.2) is 96.5 Å². The van der Waals surface area contributed by atoms with Gasteiger partial charge in [0.2, 0.25) is 0 Å². The molecular formula is C27H29NO2. The highest BCUT2D eigenvalue weighted by molar-refractivity contribution is 6.02. The molecule has 0 saturated heterocycles. The Morgan fingerprint density at radius 2 is 1.67 bits per heavy atom. The minimum atomic E-state index is 0.0897. The maximum absolute atomic E-state index is 11.0.